The van der Waals surface area contributed by atoms with Gasteiger partial charge in [0.05, 0.1) is 5.56 Å². The van der Waals surface area contributed by atoms with Crippen LogP contribution in [-0.2, 0) is 27.2 Å². The first-order valence-electron chi connectivity index (χ1n) is 12.4. The van der Waals surface area contributed by atoms with Gasteiger partial charge in [0.1, 0.15) is 11.7 Å². The number of alkyl halides is 3. The van der Waals surface area contributed by atoms with E-state index in [-0.39, 0.29) is 32.8 Å². The molecule has 1 aliphatic heterocycles. The van der Waals surface area contributed by atoms with Gasteiger partial charge in [0.2, 0.25) is 0 Å². The molecule has 0 spiro atoms. The number of benzene rings is 3. The van der Waals surface area contributed by atoms with Gasteiger partial charge in [0, 0.05) is 49.9 Å². The van der Waals surface area contributed by atoms with E-state index in [9.17, 15) is 13.2 Å². The maximum absolute atomic E-state index is 13.5. The molecule has 0 radical (unpaired) electrons. The fraction of sp³-hybridized carbons (Fsp3) is 0.0645. The molecule has 4 heterocycles. The van der Waals surface area contributed by atoms with Crippen molar-refractivity contribution in [1.29, 1.82) is 0 Å². The second-order valence-corrected chi connectivity index (χ2v) is 9.29. The fourth-order valence-electron chi connectivity index (χ4n) is 5.00. The van der Waals surface area contributed by atoms with E-state index in [1.165, 1.54) is 0 Å². The quantitative estimate of drug-likeness (QED) is 0.174. The fourth-order valence-corrected chi connectivity index (χ4v) is 5.00. The van der Waals surface area contributed by atoms with Gasteiger partial charge in [-0.1, -0.05) is 35.8 Å². The summed E-state index contributed by atoms with van der Waals surface area (Å²) in [5.41, 5.74) is 3.26. The molecule has 0 saturated heterocycles. The van der Waals surface area contributed by atoms with Crippen molar-refractivity contribution in [3.63, 3.8) is 0 Å². The minimum atomic E-state index is -4.50. The molecule has 10 heteroatoms. The molecule has 0 amide bonds. The van der Waals surface area contributed by atoms with Gasteiger partial charge in [-0.25, -0.2) is 4.98 Å². The Morgan fingerprint density at radius 1 is 0.829 bits per heavy atom. The molecule has 0 bridgehead atoms. The summed E-state index contributed by atoms with van der Waals surface area (Å²) in [5.74, 6) is 0.703. The first kappa shape index (κ1) is 26.8. The van der Waals surface area contributed by atoms with Crippen LogP contribution in [0.1, 0.15) is 5.56 Å². The summed E-state index contributed by atoms with van der Waals surface area (Å²) in [6.45, 7) is 1.96. The van der Waals surface area contributed by atoms with Crippen LogP contribution in [-0.4, -0.2) is 21.6 Å². The predicted octanol–water partition coefficient (Wildman–Crippen LogP) is 7.69. The average Bonchev–Trinajstić information content (AvgIpc) is 3.47. The van der Waals surface area contributed by atoms with Crippen molar-refractivity contribution in [2.45, 2.75) is 6.18 Å². The Morgan fingerprint density at radius 3 is 2.41 bits per heavy atom. The minimum Gasteiger partial charge on any atom is -0.504 e. The summed E-state index contributed by atoms with van der Waals surface area (Å²) in [6.07, 6.45) is -1.70. The molecule has 0 unspecified atom stereocenters. The normalized spacial score (nSPS) is 13.0. The van der Waals surface area contributed by atoms with Crippen LogP contribution in [0.5, 0.6) is 11.6 Å². The molecule has 6 aromatic rings. The molecule has 0 atom stereocenters. The van der Waals surface area contributed by atoms with E-state index in [4.69, 9.17) is 4.74 Å². The SMILES string of the molecule is CN1[CH-]N(c2[c-]c(Oc3[c-]c4c(cc3)c3ccccc3n4-c3cc(C(F)(F)F)ccn3)ncc2)c2ccccc21.[Pt]. The van der Waals surface area contributed by atoms with Crippen LogP contribution in [0.2, 0.25) is 0 Å². The second-order valence-electron chi connectivity index (χ2n) is 9.29. The van der Waals surface area contributed by atoms with Gasteiger partial charge in [-0.05, 0) is 49.0 Å². The Kier molecular flexibility index (Phi) is 6.70. The Hall–Kier alpha value is -4.36. The maximum Gasteiger partial charge on any atom is 0.416 e. The van der Waals surface area contributed by atoms with E-state index in [0.29, 0.717) is 16.8 Å². The predicted molar refractivity (Wildman–Crippen MR) is 147 cm³/mol. The van der Waals surface area contributed by atoms with E-state index >= 15 is 0 Å². The zero-order valence-corrected chi connectivity index (χ0v) is 23.6. The maximum atomic E-state index is 13.5. The van der Waals surface area contributed by atoms with Gasteiger partial charge < -0.3 is 19.1 Å². The van der Waals surface area contributed by atoms with Crippen LogP contribution in [0, 0.1) is 18.8 Å². The molecule has 0 saturated carbocycles. The van der Waals surface area contributed by atoms with Crippen molar-refractivity contribution < 1.29 is 39.0 Å². The summed E-state index contributed by atoms with van der Waals surface area (Å²) in [7, 11) is 1.97. The van der Waals surface area contributed by atoms with E-state index in [2.05, 4.69) is 22.1 Å². The number of anilines is 3. The first-order chi connectivity index (χ1) is 19.4. The minimum absolute atomic E-state index is 0. The van der Waals surface area contributed by atoms with Crippen LogP contribution < -0.4 is 14.5 Å². The number of para-hydroxylation sites is 3. The van der Waals surface area contributed by atoms with Crippen molar-refractivity contribution >= 4 is 38.9 Å². The van der Waals surface area contributed by atoms with Crippen LogP contribution in [0.25, 0.3) is 27.6 Å². The third kappa shape index (κ3) is 4.70. The average molecular weight is 730 g/mol. The molecule has 0 fully saturated rings. The smallest absolute Gasteiger partial charge is 0.416 e. The first-order valence-corrected chi connectivity index (χ1v) is 12.4. The topological polar surface area (TPSA) is 46.4 Å². The second kappa shape index (κ2) is 10.2. The number of nitrogens with zero attached hydrogens (tertiary/aromatic N) is 5. The Morgan fingerprint density at radius 2 is 1.59 bits per heavy atom. The molecule has 1 aliphatic rings. The number of rotatable bonds is 4. The van der Waals surface area contributed by atoms with Crippen LogP contribution >= 0.6 is 0 Å². The molecular weight excluding hydrogens is 710 g/mol. The monoisotopic (exact) mass is 729 g/mol. The summed E-state index contributed by atoms with van der Waals surface area (Å²) >= 11 is 0. The standard InChI is InChI=1S/C31H19F3N5O.Pt/c1-37-19-38(27-9-5-4-8-26(27)37)21-13-15-36-30(17-21)40-22-10-11-24-23-6-2-3-7-25(23)39(28(24)18-22)29-16-20(12-14-35-29)31(32,33)34;/h2-16,19H,1H3;/q-3;. The van der Waals surface area contributed by atoms with Gasteiger partial charge in [-0.15, -0.1) is 17.5 Å². The molecular formula is C31H19F3N5OPt-3. The number of hydrogen-bond donors (Lipinski definition) is 0. The number of pyridine rings is 2. The molecule has 41 heavy (non-hydrogen) atoms. The van der Waals surface area contributed by atoms with E-state index in [0.717, 1.165) is 46.2 Å². The number of ether oxygens (including phenoxy) is 1. The molecule has 3 aromatic carbocycles. The number of halogens is 3. The number of aromatic nitrogens is 3. The Balaban J connectivity index is 0.00000302. The van der Waals surface area contributed by atoms with E-state index < -0.39 is 11.7 Å². The van der Waals surface area contributed by atoms with Crippen LogP contribution in [0.4, 0.5) is 30.2 Å². The van der Waals surface area contributed by atoms with Crippen LogP contribution in [0.3, 0.4) is 0 Å². The molecule has 7 rings (SSSR count). The zero-order chi connectivity index (χ0) is 27.4. The molecule has 0 N–H and O–H groups in total. The molecule has 0 aliphatic carbocycles. The van der Waals surface area contributed by atoms with Gasteiger partial charge in [0.15, 0.2) is 0 Å². The van der Waals surface area contributed by atoms with Crippen molar-refractivity contribution in [2.75, 3.05) is 16.8 Å². The number of hydrogen-bond acceptors (Lipinski definition) is 5. The summed E-state index contributed by atoms with van der Waals surface area (Å²) in [4.78, 5) is 12.6. The third-order valence-electron chi connectivity index (χ3n) is 6.79. The van der Waals surface area contributed by atoms with Gasteiger partial charge in [0.25, 0.3) is 0 Å². The molecule has 3 aromatic heterocycles. The Labute approximate surface area is 247 Å². The van der Waals surface area contributed by atoms with Gasteiger partial charge >= 0.3 is 6.18 Å². The van der Waals surface area contributed by atoms with E-state index in [1.54, 1.807) is 16.8 Å². The zero-order valence-electron chi connectivity index (χ0n) is 21.3. The van der Waals surface area contributed by atoms with Crippen molar-refractivity contribution in [3.8, 4) is 17.4 Å². The van der Waals surface area contributed by atoms with E-state index in [1.807, 2.05) is 84.2 Å². The third-order valence-corrected chi connectivity index (χ3v) is 6.79. The molecule has 6 nitrogen and oxygen atoms in total. The van der Waals surface area contributed by atoms with Crippen LogP contribution in [0.15, 0.2) is 91.3 Å². The van der Waals surface area contributed by atoms with Gasteiger partial charge in [-0.3, -0.25) is 4.98 Å². The molecule has 208 valence electrons. The van der Waals surface area contributed by atoms with Crippen molar-refractivity contribution in [2.24, 2.45) is 0 Å². The summed E-state index contributed by atoms with van der Waals surface area (Å²) in [6, 6.07) is 29.4. The largest absolute Gasteiger partial charge is 0.504 e. The van der Waals surface area contributed by atoms with Crippen molar-refractivity contribution in [3.05, 3.63) is 116 Å². The summed E-state index contributed by atoms with van der Waals surface area (Å²) in [5, 5.41) is 1.66. The van der Waals surface area contributed by atoms with Gasteiger partial charge in [-0.2, -0.15) is 43.7 Å². The van der Waals surface area contributed by atoms with Crippen molar-refractivity contribution in [1.82, 2.24) is 14.5 Å². The number of fused-ring (bicyclic) bond motifs is 4. The Bertz CT molecular complexity index is 1910. The summed E-state index contributed by atoms with van der Waals surface area (Å²) < 4.78 is 48.3.